The minimum atomic E-state index is 0.261. The summed E-state index contributed by atoms with van der Waals surface area (Å²) >= 11 is 0. The van der Waals surface area contributed by atoms with Gasteiger partial charge in [0.05, 0.1) is 6.61 Å². The first kappa shape index (κ1) is 11.0. The third-order valence-corrected chi connectivity index (χ3v) is 2.81. The summed E-state index contributed by atoms with van der Waals surface area (Å²) in [4.78, 5) is 2.35. The van der Waals surface area contributed by atoms with Gasteiger partial charge < -0.3 is 15.3 Å². The molecule has 2 atom stereocenters. The van der Waals surface area contributed by atoms with Crippen LogP contribution >= 0.6 is 0 Å². The van der Waals surface area contributed by atoms with E-state index in [1.807, 2.05) is 0 Å². The molecular formula is C10H22N2O. The Morgan fingerprint density at radius 2 is 2.38 bits per heavy atom. The SMILES string of the molecule is CC[C@H](CO)NC1CCCN(C)C1. The second kappa shape index (κ2) is 5.58. The van der Waals surface area contributed by atoms with Gasteiger partial charge in [-0.25, -0.2) is 0 Å². The van der Waals surface area contributed by atoms with Crippen molar-refractivity contribution in [3.05, 3.63) is 0 Å². The number of likely N-dealkylation sites (tertiary alicyclic amines) is 1. The minimum Gasteiger partial charge on any atom is -0.395 e. The van der Waals surface area contributed by atoms with Crippen molar-refractivity contribution in [1.82, 2.24) is 10.2 Å². The fourth-order valence-electron chi connectivity index (χ4n) is 1.94. The van der Waals surface area contributed by atoms with Gasteiger partial charge in [0.15, 0.2) is 0 Å². The molecule has 0 amide bonds. The van der Waals surface area contributed by atoms with E-state index in [9.17, 15) is 0 Å². The van der Waals surface area contributed by atoms with Crippen LogP contribution in [0.5, 0.6) is 0 Å². The number of piperidine rings is 1. The lowest BCUT2D eigenvalue weighted by Gasteiger charge is -2.32. The second-order valence-electron chi connectivity index (χ2n) is 4.06. The van der Waals surface area contributed by atoms with E-state index in [0.717, 1.165) is 13.0 Å². The molecule has 0 bridgehead atoms. The van der Waals surface area contributed by atoms with Crippen LogP contribution in [0.4, 0.5) is 0 Å². The highest BCUT2D eigenvalue weighted by Gasteiger charge is 2.18. The smallest absolute Gasteiger partial charge is 0.0584 e. The molecule has 0 saturated carbocycles. The third-order valence-electron chi connectivity index (χ3n) is 2.81. The highest BCUT2D eigenvalue weighted by Crippen LogP contribution is 2.09. The van der Waals surface area contributed by atoms with E-state index in [4.69, 9.17) is 5.11 Å². The molecule has 0 aromatic heterocycles. The van der Waals surface area contributed by atoms with Gasteiger partial charge in [-0.15, -0.1) is 0 Å². The van der Waals surface area contributed by atoms with E-state index in [-0.39, 0.29) is 12.6 Å². The van der Waals surface area contributed by atoms with Crippen molar-refractivity contribution in [2.45, 2.75) is 38.3 Å². The molecule has 78 valence electrons. The van der Waals surface area contributed by atoms with Crippen LogP contribution < -0.4 is 5.32 Å². The number of aliphatic hydroxyl groups is 1. The fraction of sp³-hybridized carbons (Fsp3) is 1.00. The molecule has 0 aromatic carbocycles. The number of aliphatic hydroxyl groups excluding tert-OH is 1. The van der Waals surface area contributed by atoms with Crippen LogP contribution in [0.15, 0.2) is 0 Å². The lowest BCUT2D eigenvalue weighted by atomic mass is 10.0. The Bertz CT molecular complexity index is 137. The number of likely N-dealkylation sites (N-methyl/N-ethyl adjacent to an activating group) is 1. The number of rotatable bonds is 4. The molecule has 2 N–H and O–H groups in total. The second-order valence-corrected chi connectivity index (χ2v) is 4.06. The largest absolute Gasteiger partial charge is 0.395 e. The van der Waals surface area contributed by atoms with Crippen molar-refractivity contribution in [2.75, 3.05) is 26.7 Å². The Morgan fingerprint density at radius 1 is 1.62 bits per heavy atom. The van der Waals surface area contributed by atoms with Gasteiger partial charge in [-0.3, -0.25) is 0 Å². The van der Waals surface area contributed by atoms with Crippen LogP contribution in [0.2, 0.25) is 0 Å². The summed E-state index contributed by atoms with van der Waals surface area (Å²) in [5.41, 5.74) is 0. The Labute approximate surface area is 81.1 Å². The number of hydrogen-bond acceptors (Lipinski definition) is 3. The zero-order valence-electron chi connectivity index (χ0n) is 8.79. The zero-order chi connectivity index (χ0) is 9.68. The van der Waals surface area contributed by atoms with Crippen LogP contribution in [0, 0.1) is 0 Å². The molecule has 13 heavy (non-hydrogen) atoms. The Kier molecular flexibility index (Phi) is 4.70. The van der Waals surface area contributed by atoms with E-state index >= 15 is 0 Å². The molecule has 0 aromatic rings. The molecule has 3 heteroatoms. The van der Waals surface area contributed by atoms with Crippen LogP contribution in [-0.2, 0) is 0 Å². The first-order valence-electron chi connectivity index (χ1n) is 5.31. The molecule has 1 unspecified atom stereocenters. The fourth-order valence-corrected chi connectivity index (χ4v) is 1.94. The van der Waals surface area contributed by atoms with E-state index in [0.29, 0.717) is 6.04 Å². The summed E-state index contributed by atoms with van der Waals surface area (Å²) in [7, 11) is 2.16. The van der Waals surface area contributed by atoms with Gasteiger partial charge in [0.1, 0.15) is 0 Å². The third kappa shape index (κ3) is 3.63. The summed E-state index contributed by atoms with van der Waals surface area (Å²) < 4.78 is 0. The average Bonchev–Trinajstić information content (AvgIpc) is 2.14. The molecular weight excluding hydrogens is 164 g/mol. The van der Waals surface area contributed by atoms with Crippen molar-refractivity contribution in [2.24, 2.45) is 0 Å². The predicted molar refractivity (Wildman–Crippen MR) is 54.8 cm³/mol. The van der Waals surface area contributed by atoms with Crippen LogP contribution in [0.1, 0.15) is 26.2 Å². The minimum absolute atomic E-state index is 0.261. The first-order valence-corrected chi connectivity index (χ1v) is 5.31. The summed E-state index contributed by atoms with van der Waals surface area (Å²) in [5.74, 6) is 0. The first-order chi connectivity index (χ1) is 6.26. The van der Waals surface area contributed by atoms with Crippen LogP contribution in [0.25, 0.3) is 0 Å². The predicted octanol–water partition coefficient (Wildman–Crippen LogP) is 0.441. The van der Waals surface area contributed by atoms with E-state index in [1.54, 1.807) is 0 Å². The van der Waals surface area contributed by atoms with Crippen molar-refractivity contribution < 1.29 is 5.11 Å². The van der Waals surface area contributed by atoms with Crippen LogP contribution in [-0.4, -0.2) is 48.8 Å². The van der Waals surface area contributed by atoms with Gasteiger partial charge >= 0.3 is 0 Å². The van der Waals surface area contributed by atoms with E-state index in [1.165, 1.54) is 19.4 Å². The monoisotopic (exact) mass is 186 g/mol. The van der Waals surface area contributed by atoms with Gasteiger partial charge in [0.2, 0.25) is 0 Å². The van der Waals surface area contributed by atoms with Crippen molar-refractivity contribution in [1.29, 1.82) is 0 Å². The van der Waals surface area contributed by atoms with E-state index < -0.39 is 0 Å². The zero-order valence-corrected chi connectivity index (χ0v) is 8.79. The number of nitrogens with one attached hydrogen (secondary N) is 1. The maximum Gasteiger partial charge on any atom is 0.0584 e. The lowest BCUT2D eigenvalue weighted by molar-refractivity contribution is 0.181. The van der Waals surface area contributed by atoms with Gasteiger partial charge in [0, 0.05) is 18.6 Å². The summed E-state index contributed by atoms with van der Waals surface area (Å²) in [6, 6.07) is 0.868. The van der Waals surface area contributed by atoms with Gasteiger partial charge in [-0.1, -0.05) is 6.92 Å². The van der Waals surface area contributed by atoms with Gasteiger partial charge in [-0.05, 0) is 32.9 Å². The Hall–Kier alpha value is -0.120. The Balaban J connectivity index is 2.26. The molecule has 3 nitrogen and oxygen atoms in total. The highest BCUT2D eigenvalue weighted by molar-refractivity contribution is 4.79. The molecule has 0 spiro atoms. The number of hydrogen-bond donors (Lipinski definition) is 2. The average molecular weight is 186 g/mol. The quantitative estimate of drug-likeness (QED) is 0.669. The maximum atomic E-state index is 9.05. The van der Waals surface area contributed by atoms with Crippen molar-refractivity contribution >= 4 is 0 Å². The van der Waals surface area contributed by atoms with Crippen LogP contribution in [0.3, 0.4) is 0 Å². The molecule has 1 fully saturated rings. The van der Waals surface area contributed by atoms with Crippen molar-refractivity contribution in [3.8, 4) is 0 Å². The molecule has 1 heterocycles. The standard InChI is InChI=1S/C10H22N2O/c1-3-9(8-13)11-10-5-4-6-12(2)7-10/h9-11,13H,3-8H2,1-2H3/t9-,10?/m1/s1. The van der Waals surface area contributed by atoms with Gasteiger partial charge in [-0.2, -0.15) is 0 Å². The van der Waals surface area contributed by atoms with Crippen molar-refractivity contribution in [3.63, 3.8) is 0 Å². The molecule has 0 aliphatic carbocycles. The summed E-state index contributed by atoms with van der Waals surface area (Å²) in [6.07, 6.45) is 3.54. The molecule has 1 rings (SSSR count). The molecule has 1 saturated heterocycles. The lowest BCUT2D eigenvalue weighted by Crippen LogP contribution is -2.48. The molecule has 1 aliphatic rings. The summed E-state index contributed by atoms with van der Waals surface area (Å²) in [5, 5.41) is 12.5. The highest BCUT2D eigenvalue weighted by atomic mass is 16.3. The van der Waals surface area contributed by atoms with Gasteiger partial charge in [0.25, 0.3) is 0 Å². The summed E-state index contributed by atoms with van der Waals surface area (Å²) in [6.45, 7) is 4.71. The molecule has 1 aliphatic heterocycles. The maximum absolute atomic E-state index is 9.05. The topological polar surface area (TPSA) is 35.5 Å². The number of nitrogens with zero attached hydrogens (tertiary/aromatic N) is 1. The van der Waals surface area contributed by atoms with E-state index in [2.05, 4.69) is 24.2 Å². The molecule has 0 radical (unpaired) electrons. The normalized spacial score (nSPS) is 27.5. The Morgan fingerprint density at radius 3 is 2.92 bits per heavy atom.